The molecule has 1 heterocycles. The number of rotatable bonds is 3. The first-order chi connectivity index (χ1) is 13.2. The maximum Gasteiger partial charge on any atom is 0.307 e. The van der Waals surface area contributed by atoms with Crippen LogP contribution in [0.15, 0.2) is 17.5 Å². The highest BCUT2D eigenvalue weighted by Gasteiger charge is 2.35. The van der Waals surface area contributed by atoms with Crippen molar-refractivity contribution in [1.82, 2.24) is 10.9 Å². The summed E-state index contributed by atoms with van der Waals surface area (Å²) in [7, 11) is 0. The standard InChI is InChI=1S/C21H28N2O4S/c1-21(2,3)12-8-9-13-16(11-28-17(13)10-12)19(25)23-22-18(24)14-6-4-5-7-15(14)20(26)27/h4-5,11-12,14-15H,6-10H2,1-3H3,(H,22,24)(H,23,25)(H,26,27)/t12-,14-,15-/m0/s1. The van der Waals surface area contributed by atoms with Crippen LogP contribution in [0.2, 0.25) is 0 Å². The number of allylic oxidation sites excluding steroid dienone is 2. The maximum atomic E-state index is 12.6. The Morgan fingerprint density at radius 3 is 2.43 bits per heavy atom. The fraction of sp³-hybridized carbons (Fsp3) is 0.571. The van der Waals surface area contributed by atoms with Crippen molar-refractivity contribution in [2.75, 3.05) is 0 Å². The second kappa shape index (κ2) is 8.07. The van der Waals surface area contributed by atoms with Crippen LogP contribution in [-0.4, -0.2) is 22.9 Å². The highest BCUT2D eigenvalue weighted by Crippen LogP contribution is 2.40. The molecule has 3 atom stereocenters. The lowest BCUT2D eigenvalue weighted by atomic mass is 9.72. The highest BCUT2D eigenvalue weighted by atomic mass is 32.1. The summed E-state index contributed by atoms with van der Waals surface area (Å²) < 4.78 is 0. The van der Waals surface area contributed by atoms with Gasteiger partial charge in [-0.3, -0.25) is 25.2 Å². The SMILES string of the molecule is CC(C)(C)[C@H]1CCc2c(C(=O)NNC(=O)[C@H]3CC=CC[C@@H]3C(=O)O)csc2C1. The summed E-state index contributed by atoms with van der Waals surface area (Å²) in [4.78, 5) is 37.6. The van der Waals surface area contributed by atoms with Crippen molar-refractivity contribution < 1.29 is 19.5 Å². The van der Waals surface area contributed by atoms with Crippen molar-refractivity contribution in [1.29, 1.82) is 0 Å². The number of carboxylic acids is 1. The summed E-state index contributed by atoms with van der Waals surface area (Å²) in [5, 5.41) is 11.2. The number of hydrazine groups is 1. The molecular formula is C21H28N2O4S. The number of carboxylic acid groups (broad SMARTS) is 1. The van der Waals surface area contributed by atoms with Gasteiger partial charge < -0.3 is 5.11 Å². The minimum Gasteiger partial charge on any atom is -0.481 e. The van der Waals surface area contributed by atoms with Crippen LogP contribution >= 0.6 is 11.3 Å². The fourth-order valence-electron chi connectivity index (χ4n) is 4.10. The zero-order valence-electron chi connectivity index (χ0n) is 16.6. The Morgan fingerprint density at radius 1 is 1.11 bits per heavy atom. The lowest BCUT2D eigenvalue weighted by molar-refractivity contribution is -0.147. The smallest absolute Gasteiger partial charge is 0.307 e. The molecule has 28 heavy (non-hydrogen) atoms. The minimum atomic E-state index is -0.990. The van der Waals surface area contributed by atoms with E-state index in [1.165, 1.54) is 4.88 Å². The van der Waals surface area contributed by atoms with E-state index in [1.54, 1.807) is 17.4 Å². The predicted molar refractivity (Wildman–Crippen MR) is 108 cm³/mol. The molecule has 2 amide bonds. The van der Waals surface area contributed by atoms with Crippen LogP contribution in [0.25, 0.3) is 0 Å². The summed E-state index contributed by atoms with van der Waals surface area (Å²) in [6.45, 7) is 6.76. The van der Waals surface area contributed by atoms with Gasteiger partial charge in [-0.05, 0) is 49.0 Å². The zero-order valence-corrected chi connectivity index (χ0v) is 17.4. The van der Waals surface area contributed by atoms with E-state index in [2.05, 4.69) is 31.6 Å². The van der Waals surface area contributed by atoms with E-state index in [1.807, 2.05) is 11.5 Å². The number of thiophene rings is 1. The number of carbonyl (C=O) groups is 3. The summed E-state index contributed by atoms with van der Waals surface area (Å²) >= 11 is 1.61. The van der Waals surface area contributed by atoms with Gasteiger partial charge in [0.2, 0.25) is 5.91 Å². The molecule has 2 aliphatic carbocycles. The van der Waals surface area contributed by atoms with Crippen molar-refractivity contribution in [3.05, 3.63) is 33.5 Å². The number of carbonyl (C=O) groups excluding carboxylic acids is 2. The topological polar surface area (TPSA) is 95.5 Å². The van der Waals surface area contributed by atoms with Crippen LogP contribution < -0.4 is 10.9 Å². The normalized spacial score (nSPS) is 24.3. The molecule has 0 aromatic carbocycles. The van der Waals surface area contributed by atoms with Crippen LogP contribution in [0.3, 0.4) is 0 Å². The van der Waals surface area contributed by atoms with Crippen LogP contribution in [0, 0.1) is 23.2 Å². The quantitative estimate of drug-likeness (QED) is 0.532. The molecule has 3 N–H and O–H groups in total. The Labute approximate surface area is 169 Å². The lowest BCUT2D eigenvalue weighted by Crippen LogP contribution is -2.47. The van der Waals surface area contributed by atoms with E-state index >= 15 is 0 Å². The first-order valence-electron chi connectivity index (χ1n) is 9.75. The largest absolute Gasteiger partial charge is 0.481 e. The van der Waals surface area contributed by atoms with Gasteiger partial charge in [0.05, 0.1) is 17.4 Å². The zero-order chi connectivity index (χ0) is 20.5. The van der Waals surface area contributed by atoms with E-state index in [0.717, 1.165) is 24.8 Å². The molecule has 0 radical (unpaired) electrons. The van der Waals surface area contributed by atoms with E-state index in [0.29, 0.717) is 24.3 Å². The molecule has 6 nitrogen and oxygen atoms in total. The van der Waals surface area contributed by atoms with Gasteiger partial charge in [0.15, 0.2) is 0 Å². The number of aliphatic carboxylic acids is 1. The molecule has 2 aliphatic rings. The number of hydrogen-bond acceptors (Lipinski definition) is 4. The third kappa shape index (κ3) is 4.29. The van der Waals surface area contributed by atoms with Gasteiger partial charge in [-0.25, -0.2) is 0 Å². The summed E-state index contributed by atoms with van der Waals surface area (Å²) in [5.74, 6) is -2.62. The van der Waals surface area contributed by atoms with E-state index in [9.17, 15) is 19.5 Å². The summed E-state index contributed by atoms with van der Waals surface area (Å²) in [6.07, 6.45) is 7.18. The number of amides is 2. The Hall–Kier alpha value is -2.15. The molecular weight excluding hydrogens is 376 g/mol. The molecule has 152 valence electrons. The molecule has 3 rings (SSSR count). The second-order valence-corrected chi connectivity index (χ2v) is 9.76. The van der Waals surface area contributed by atoms with Gasteiger partial charge in [-0.1, -0.05) is 32.9 Å². The van der Waals surface area contributed by atoms with Gasteiger partial charge >= 0.3 is 5.97 Å². The third-order valence-corrected chi connectivity index (χ3v) is 7.06. The van der Waals surface area contributed by atoms with Gasteiger partial charge in [-0.15, -0.1) is 11.3 Å². The van der Waals surface area contributed by atoms with Crippen LogP contribution in [0.1, 0.15) is 60.8 Å². The molecule has 1 aromatic rings. The van der Waals surface area contributed by atoms with Crippen molar-refractivity contribution in [3.63, 3.8) is 0 Å². The highest BCUT2D eigenvalue weighted by molar-refractivity contribution is 7.10. The monoisotopic (exact) mass is 404 g/mol. The molecule has 0 bridgehead atoms. The Bertz CT molecular complexity index is 806. The third-order valence-electron chi connectivity index (χ3n) is 6.01. The van der Waals surface area contributed by atoms with Gasteiger partial charge in [-0.2, -0.15) is 0 Å². The van der Waals surface area contributed by atoms with Crippen LogP contribution in [0.4, 0.5) is 0 Å². The van der Waals surface area contributed by atoms with Gasteiger partial charge in [0.1, 0.15) is 0 Å². The Balaban J connectivity index is 1.62. The van der Waals surface area contributed by atoms with Crippen LogP contribution in [0.5, 0.6) is 0 Å². The number of fused-ring (bicyclic) bond motifs is 1. The first-order valence-corrected chi connectivity index (χ1v) is 10.6. The lowest BCUT2D eigenvalue weighted by Gasteiger charge is -2.34. The van der Waals surface area contributed by atoms with Crippen molar-refractivity contribution in [3.8, 4) is 0 Å². The summed E-state index contributed by atoms with van der Waals surface area (Å²) in [5.41, 5.74) is 6.86. The van der Waals surface area contributed by atoms with Crippen molar-refractivity contribution in [2.45, 2.75) is 52.9 Å². The summed E-state index contributed by atoms with van der Waals surface area (Å²) in [6, 6.07) is 0. The predicted octanol–water partition coefficient (Wildman–Crippen LogP) is 3.33. The van der Waals surface area contributed by atoms with E-state index < -0.39 is 23.7 Å². The van der Waals surface area contributed by atoms with Gasteiger partial charge in [0, 0.05) is 10.3 Å². The van der Waals surface area contributed by atoms with Gasteiger partial charge in [0.25, 0.3) is 5.91 Å². The first kappa shape index (κ1) is 20.6. The molecule has 1 aromatic heterocycles. The van der Waals surface area contributed by atoms with Crippen molar-refractivity contribution in [2.24, 2.45) is 23.2 Å². The van der Waals surface area contributed by atoms with E-state index in [-0.39, 0.29) is 11.3 Å². The fourth-order valence-corrected chi connectivity index (χ4v) is 5.26. The minimum absolute atomic E-state index is 0.243. The molecule has 0 fully saturated rings. The molecule has 7 heteroatoms. The molecule has 0 aliphatic heterocycles. The van der Waals surface area contributed by atoms with Crippen LogP contribution in [-0.2, 0) is 22.4 Å². The Morgan fingerprint density at radius 2 is 1.79 bits per heavy atom. The molecule has 0 saturated carbocycles. The second-order valence-electron chi connectivity index (χ2n) is 8.79. The Kier molecular flexibility index (Phi) is 5.93. The van der Waals surface area contributed by atoms with E-state index in [4.69, 9.17) is 0 Å². The average Bonchev–Trinajstić information content (AvgIpc) is 3.08. The number of hydrogen-bond donors (Lipinski definition) is 3. The average molecular weight is 405 g/mol. The number of nitrogens with one attached hydrogen (secondary N) is 2. The van der Waals surface area contributed by atoms with Crippen molar-refractivity contribution >= 4 is 29.1 Å². The maximum absolute atomic E-state index is 12.6. The molecule has 0 unspecified atom stereocenters. The molecule has 0 saturated heterocycles. The molecule has 0 spiro atoms.